The molecule has 1 aliphatic carbocycles. The van der Waals surface area contributed by atoms with Crippen LogP contribution in [-0.4, -0.2) is 54.2 Å². The highest BCUT2D eigenvalue weighted by Crippen LogP contribution is 2.27. The molecule has 0 radical (unpaired) electrons. The zero-order valence-electron chi connectivity index (χ0n) is 19.4. The summed E-state index contributed by atoms with van der Waals surface area (Å²) in [5.41, 5.74) is 6.86. The molecule has 3 rings (SSSR count). The summed E-state index contributed by atoms with van der Waals surface area (Å²) in [5.74, 6) is -1.91. The van der Waals surface area contributed by atoms with Crippen molar-refractivity contribution in [3.63, 3.8) is 0 Å². The first kappa shape index (κ1) is 25.0. The van der Waals surface area contributed by atoms with E-state index in [0.717, 1.165) is 18.4 Å². The van der Waals surface area contributed by atoms with Crippen molar-refractivity contribution in [1.82, 2.24) is 15.5 Å². The van der Waals surface area contributed by atoms with Crippen molar-refractivity contribution >= 4 is 23.6 Å². The van der Waals surface area contributed by atoms with Crippen LogP contribution in [0.25, 0.3) is 0 Å². The van der Waals surface area contributed by atoms with Crippen LogP contribution in [0.5, 0.6) is 0 Å². The number of primary amides is 1. The predicted octanol–water partition coefficient (Wildman–Crippen LogP) is 1.65. The Hall–Kier alpha value is -3.68. The van der Waals surface area contributed by atoms with Gasteiger partial charge in [0.05, 0.1) is 12.5 Å². The van der Waals surface area contributed by atoms with E-state index in [9.17, 15) is 19.2 Å². The fourth-order valence-electron chi connectivity index (χ4n) is 4.39. The Kier molecular flexibility index (Phi) is 8.79. The number of rotatable bonds is 9. The van der Waals surface area contributed by atoms with Crippen LogP contribution in [0.3, 0.4) is 0 Å². The third-order valence-corrected chi connectivity index (χ3v) is 6.34. The van der Waals surface area contributed by atoms with Gasteiger partial charge in [-0.2, -0.15) is 0 Å². The average molecular weight is 465 g/mol. The first-order valence-corrected chi connectivity index (χ1v) is 11.6. The van der Waals surface area contributed by atoms with Crippen molar-refractivity contribution in [2.75, 3.05) is 13.6 Å². The smallest absolute Gasteiger partial charge is 0.251 e. The maximum absolute atomic E-state index is 13.0. The zero-order chi connectivity index (χ0) is 24.5. The van der Waals surface area contributed by atoms with E-state index in [4.69, 9.17) is 5.73 Å². The minimum Gasteiger partial charge on any atom is -0.369 e. The third-order valence-electron chi connectivity index (χ3n) is 6.34. The van der Waals surface area contributed by atoms with E-state index in [1.807, 2.05) is 36.4 Å². The molecule has 0 heterocycles. The van der Waals surface area contributed by atoms with Gasteiger partial charge in [-0.3, -0.25) is 19.2 Å². The van der Waals surface area contributed by atoms with Crippen molar-refractivity contribution in [3.05, 3.63) is 71.8 Å². The molecular formula is C26H32N4O4. The minimum absolute atomic E-state index is 0.232. The second-order valence-corrected chi connectivity index (χ2v) is 8.66. The normalized spacial score (nSPS) is 18.4. The molecule has 1 fully saturated rings. The van der Waals surface area contributed by atoms with Gasteiger partial charge in [-0.25, -0.2) is 0 Å². The molecule has 180 valence electrons. The van der Waals surface area contributed by atoms with Crippen LogP contribution < -0.4 is 16.4 Å². The summed E-state index contributed by atoms with van der Waals surface area (Å²) < 4.78 is 0. The Morgan fingerprint density at radius 3 is 2.24 bits per heavy atom. The molecule has 4 amide bonds. The van der Waals surface area contributed by atoms with Gasteiger partial charge in [-0.1, -0.05) is 61.4 Å². The molecule has 0 saturated heterocycles. The lowest BCUT2D eigenvalue weighted by Crippen LogP contribution is -2.53. The summed E-state index contributed by atoms with van der Waals surface area (Å²) in [5, 5.41) is 5.45. The molecule has 0 aromatic heterocycles. The van der Waals surface area contributed by atoms with Gasteiger partial charge in [-0.15, -0.1) is 0 Å². The summed E-state index contributed by atoms with van der Waals surface area (Å²) >= 11 is 0. The Bertz CT molecular complexity index is 996. The van der Waals surface area contributed by atoms with Gasteiger partial charge in [0.25, 0.3) is 5.91 Å². The SMILES string of the molecule is CN(C(=O)CNC(=O)[C@H](Cc1ccccc1)NC(=O)c1ccccc1)C1CCCCC1C(N)=O. The fourth-order valence-corrected chi connectivity index (χ4v) is 4.39. The summed E-state index contributed by atoms with van der Waals surface area (Å²) in [6, 6.07) is 16.9. The van der Waals surface area contributed by atoms with Gasteiger partial charge in [0.15, 0.2) is 0 Å². The van der Waals surface area contributed by atoms with Crippen LogP contribution >= 0.6 is 0 Å². The molecule has 0 bridgehead atoms. The molecule has 8 heteroatoms. The van der Waals surface area contributed by atoms with E-state index in [1.165, 1.54) is 4.90 Å². The molecule has 1 saturated carbocycles. The molecule has 0 spiro atoms. The number of carbonyl (C=O) groups excluding carboxylic acids is 4. The molecule has 34 heavy (non-hydrogen) atoms. The van der Waals surface area contributed by atoms with E-state index in [0.29, 0.717) is 18.4 Å². The lowest BCUT2D eigenvalue weighted by atomic mass is 9.83. The highest BCUT2D eigenvalue weighted by Gasteiger charge is 2.34. The summed E-state index contributed by atoms with van der Waals surface area (Å²) in [4.78, 5) is 51.9. The molecule has 2 unspecified atom stereocenters. The van der Waals surface area contributed by atoms with Gasteiger partial charge in [-0.05, 0) is 30.5 Å². The summed E-state index contributed by atoms with van der Waals surface area (Å²) in [7, 11) is 1.64. The number of carbonyl (C=O) groups is 4. The van der Waals surface area contributed by atoms with Crippen molar-refractivity contribution in [1.29, 1.82) is 0 Å². The first-order valence-electron chi connectivity index (χ1n) is 11.6. The van der Waals surface area contributed by atoms with Crippen LogP contribution in [0.4, 0.5) is 0 Å². The van der Waals surface area contributed by atoms with E-state index in [1.54, 1.807) is 31.3 Å². The fraction of sp³-hybridized carbons (Fsp3) is 0.385. The quantitative estimate of drug-likeness (QED) is 0.522. The van der Waals surface area contributed by atoms with Crippen molar-refractivity contribution in [2.24, 2.45) is 11.7 Å². The Morgan fingerprint density at radius 2 is 1.59 bits per heavy atom. The number of nitrogens with two attached hydrogens (primary N) is 1. The summed E-state index contributed by atoms with van der Waals surface area (Å²) in [6.45, 7) is -0.232. The Balaban J connectivity index is 1.65. The van der Waals surface area contributed by atoms with Crippen LogP contribution in [0.2, 0.25) is 0 Å². The summed E-state index contributed by atoms with van der Waals surface area (Å²) in [6.07, 6.45) is 3.47. The maximum Gasteiger partial charge on any atom is 0.251 e. The number of hydrogen-bond acceptors (Lipinski definition) is 4. The van der Waals surface area contributed by atoms with Crippen molar-refractivity contribution in [2.45, 2.75) is 44.2 Å². The second-order valence-electron chi connectivity index (χ2n) is 8.66. The highest BCUT2D eigenvalue weighted by atomic mass is 16.2. The number of likely N-dealkylation sites (N-methyl/N-ethyl adjacent to an activating group) is 1. The maximum atomic E-state index is 13.0. The van der Waals surface area contributed by atoms with Crippen LogP contribution in [0, 0.1) is 5.92 Å². The number of nitrogens with one attached hydrogen (secondary N) is 2. The Labute approximate surface area is 199 Å². The van der Waals surface area contributed by atoms with Crippen molar-refractivity contribution in [3.8, 4) is 0 Å². The molecule has 2 aromatic carbocycles. The molecule has 2 aromatic rings. The molecule has 1 aliphatic rings. The van der Waals surface area contributed by atoms with Gasteiger partial charge in [0.2, 0.25) is 17.7 Å². The van der Waals surface area contributed by atoms with Gasteiger partial charge < -0.3 is 21.3 Å². The van der Waals surface area contributed by atoms with Crippen LogP contribution in [-0.2, 0) is 20.8 Å². The average Bonchev–Trinajstić information content (AvgIpc) is 2.87. The van der Waals surface area contributed by atoms with Crippen LogP contribution in [0.15, 0.2) is 60.7 Å². The third kappa shape index (κ3) is 6.66. The topological polar surface area (TPSA) is 122 Å². The first-order chi connectivity index (χ1) is 16.4. The number of amides is 4. The highest BCUT2D eigenvalue weighted by molar-refractivity contribution is 5.98. The lowest BCUT2D eigenvalue weighted by molar-refractivity contribution is -0.137. The molecule has 3 atom stereocenters. The van der Waals surface area contributed by atoms with E-state index in [-0.39, 0.29) is 36.7 Å². The van der Waals surface area contributed by atoms with Crippen LogP contribution in [0.1, 0.15) is 41.6 Å². The van der Waals surface area contributed by atoms with Crippen molar-refractivity contribution < 1.29 is 19.2 Å². The molecule has 8 nitrogen and oxygen atoms in total. The number of hydrogen-bond donors (Lipinski definition) is 3. The van der Waals surface area contributed by atoms with E-state index >= 15 is 0 Å². The van der Waals surface area contributed by atoms with Gasteiger partial charge in [0.1, 0.15) is 6.04 Å². The van der Waals surface area contributed by atoms with E-state index < -0.39 is 17.9 Å². The minimum atomic E-state index is -0.860. The van der Waals surface area contributed by atoms with Gasteiger partial charge >= 0.3 is 0 Å². The molecule has 0 aliphatic heterocycles. The monoisotopic (exact) mass is 464 g/mol. The largest absolute Gasteiger partial charge is 0.369 e. The number of nitrogens with zero attached hydrogens (tertiary/aromatic N) is 1. The van der Waals surface area contributed by atoms with E-state index in [2.05, 4.69) is 10.6 Å². The number of benzene rings is 2. The Morgan fingerprint density at radius 1 is 0.971 bits per heavy atom. The lowest BCUT2D eigenvalue weighted by Gasteiger charge is -2.36. The zero-order valence-corrected chi connectivity index (χ0v) is 19.4. The second kappa shape index (κ2) is 12.0. The predicted molar refractivity (Wildman–Crippen MR) is 129 cm³/mol. The molecule has 4 N–H and O–H groups in total. The molecular weight excluding hydrogens is 432 g/mol. The van der Waals surface area contributed by atoms with Gasteiger partial charge in [0, 0.05) is 25.1 Å². The standard InChI is InChI=1S/C26H32N4O4/c1-30(22-15-9-8-14-20(22)24(27)32)23(31)17-28-26(34)21(16-18-10-4-2-5-11-18)29-25(33)19-12-6-3-7-13-19/h2-7,10-13,20-22H,8-9,14-17H2,1H3,(H2,27,32)(H,28,34)(H,29,33)/t20?,21-,22?/m0/s1.